The summed E-state index contributed by atoms with van der Waals surface area (Å²) in [5.41, 5.74) is 2.99. The number of rotatable bonds is 4. The Labute approximate surface area is 146 Å². The van der Waals surface area contributed by atoms with Crippen molar-refractivity contribution in [3.8, 4) is 0 Å². The molecule has 0 radical (unpaired) electrons. The molecular weight excluding hydrogens is 340 g/mol. The third kappa shape index (κ3) is 2.56. The minimum atomic E-state index is -0.390. The number of aromatic nitrogens is 6. The van der Waals surface area contributed by atoms with Crippen molar-refractivity contribution >= 4 is 22.9 Å². The molecule has 0 aliphatic carbocycles. The maximum atomic E-state index is 12.0. The van der Waals surface area contributed by atoms with E-state index in [0.29, 0.717) is 24.4 Å². The van der Waals surface area contributed by atoms with Crippen LogP contribution in [-0.4, -0.2) is 34.9 Å². The molecule has 0 atom stereocenters. The summed E-state index contributed by atoms with van der Waals surface area (Å²) in [5.74, 6) is 0.696. The van der Waals surface area contributed by atoms with Crippen LogP contribution < -0.4 is 5.76 Å². The van der Waals surface area contributed by atoms with Crippen LogP contribution in [0.25, 0.3) is 11.1 Å². The third-order valence-corrected chi connectivity index (χ3v) is 5.13. The minimum absolute atomic E-state index is 0.325. The molecule has 4 aromatic rings. The van der Waals surface area contributed by atoms with E-state index < -0.39 is 5.76 Å². The Morgan fingerprint density at radius 3 is 3.00 bits per heavy atom. The van der Waals surface area contributed by atoms with Gasteiger partial charge in [0.2, 0.25) is 0 Å². The molecule has 1 aromatic carbocycles. The van der Waals surface area contributed by atoms with Crippen molar-refractivity contribution < 1.29 is 4.42 Å². The predicted octanol–water partition coefficient (Wildman–Crippen LogP) is 1.58. The maximum absolute atomic E-state index is 12.0. The van der Waals surface area contributed by atoms with E-state index in [1.165, 1.54) is 0 Å². The first kappa shape index (κ1) is 14.5. The van der Waals surface area contributed by atoms with Crippen LogP contribution in [0.15, 0.2) is 51.0 Å². The summed E-state index contributed by atoms with van der Waals surface area (Å²) >= 11 is 1.77. The smallest absolute Gasteiger partial charge is 0.408 e. The van der Waals surface area contributed by atoms with Crippen LogP contribution in [0.2, 0.25) is 0 Å². The number of hydrogen-bond donors (Lipinski definition) is 0. The van der Waals surface area contributed by atoms with Gasteiger partial charge in [0.05, 0.1) is 30.5 Å². The first-order valence-corrected chi connectivity index (χ1v) is 8.91. The number of hydrogen-bond acceptors (Lipinski definition) is 6. The van der Waals surface area contributed by atoms with Crippen LogP contribution in [0.5, 0.6) is 0 Å². The Balaban J connectivity index is 1.38. The number of imidazole rings is 1. The van der Waals surface area contributed by atoms with Crippen molar-refractivity contribution in [2.45, 2.75) is 24.8 Å². The number of oxazole rings is 1. The summed E-state index contributed by atoms with van der Waals surface area (Å²) < 4.78 is 10.7. The normalized spacial score (nSPS) is 13.6. The second-order valence-corrected chi connectivity index (χ2v) is 6.95. The topological polar surface area (TPSA) is 83.7 Å². The van der Waals surface area contributed by atoms with E-state index in [4.69, 9.17) is 4.42 Å². The molecule has 0 amide bonds. The number of fused-ring (bicyclic) bond motifs is 2. The summed E-state index contributed by atoms with van der Waals surface area (Å²) in [6.07, 6.45) is 3.90. The third-order valence-electron chi connectivity index (χ3n) is 4.16. The van der Waals surface area contributed by atoms with Gasteiger partial charge in [-0.05, 0) is 12.1 Å². The highest BCUT2D eigenvalue weighted by molar-refractivity contribution is 7.99. The highest BCUT2D eigenvalue weighted by atomic mass is 32.2. The molecule has 25 heavy (non-hydrogen) atoms. The van der Waals surface area contributed by atoms with Gasteiger partial charge >= 0.3 is 5.76 Å². The number of para-hydroxylation sites is 2. The molecule has 126 valence electrons. The first-order chi connectivity index (χ1) is 12.3. The van der Waals surface area contributed by atoms with Gasteiger partial charge in [-0.2, -0.15) is 0 Å². The zero-order valence-corrected chi connectivity index (χ0v) is 14.0. The largest absolute Gasteiger partial charge is 0.420 e. The fraction of sp³-hybridized carbons (Fsp3) is 0.250. The molecule has 3 aromatic heterocycles. The van der Waals surface area contributed by atoms with Gasteiger partial charge in [0.25, 0.3) is 0 Å². The molecule has 5 rings (SSSR count). The van der Waals surface area contributed by atoms with Crippen molar-refractivity contribution in [1.82, 2.24) is 29.1 Å². The standard InChI is InChI=1S/C16H14N6O2S/c23-16-22(13-3-1-2-4-14(13)24-16)10-12-9-21(19-18-12)8-11-7-20-5-6-25-15(20)17-11/h1-4,7,9H,5-6,8,10H2. The van der Waals surface area contributed by atoms with Gasteiger partial charge in [-0.1, -0.05) is 29.1 Å². The predicted molar refractivity (Wildman–Crippen MR) is 91.7 cm³/mol. The Morgan fingerprint density at radius 2 is 2.08 bits per heavy atom. The highest BCUT2D eigenvalue weighted by Gasteiger charge is 2.15. The van der Waals surface area contributed by atoms with Crippen molar-refractivity contribution in [1.29, 1.82) is 0 Å². The second kappa shape index (κ2) is 5.62. The molecule has 0 saturated carbocycles. The maximum Gasteiger partial charge on any atom is 0.420 e. The van der Waals surface area contributed by atoms with E-state index in [1.807, 2.05) is 24.4 Å². The zero-order valence-electron chi connectivity index (χ0n) is 13.2. The molecule has 0 N–H and O–H groups in total. The molecular formula is C16H14N6O2S. The first-order valence-electron chi connectivity index (χ1n) is 7.92. The Kier molecular flexibility index (Phi) is 3.27. The lowest BCUT2D eigenvalue weighted by molar-refractivity contribution is 0.516. The minimum Gasteiger partial charge on any atom is -0.408 e. The van der Waals surface area contributed by atoms with Crippen LogP contribution in [-0.2, 0) is 19.6 Å². The van der Waals surface area contributed by atoms with E-state index in [0.717, 1.165) is 28.7 Å². The van der Waals surface area contributed by atoms with Crippen molar-refractivity contribution in [3.63, 3.8) is 0 Å². The summed E-state index contributed by atoms with van der Waals surface area (Å²) in [5, 5.41) is 9.38. The number of thioether (sulfide) groups is 1. The average Bonchev–Trinajstić information content (AvgIpc) is 3.34. The van der Waals surface area contributed by atoms with Crippen molar-refractivity contribution in [2.75, 3.05) is 5.75 Å². The van der Waals surface area contributed by atoms with E-state index in [-0.39, 0.29) is 0 Å². The summed E-state index contributed by atoms with van der Waals surface area (Å²) in [6.45, 7) is 1.89. The van der Waals surface area contributed by atoms with Gasteiger partial charge in [0.15, 0.2) is 10.7 Å². The van der Waals surface area contributed by atoms with Crippen LogP contribution >= 0.6 is 11.8 Å². The Bertz CT molecular complexity index is 1100. The van der Waals surface area contributed by atoms with Crippen LogP contribution in [0.1, 0.15) is 11.4 Å². The van der Waals surface area contributed by atoms with E-state index >= 15 is 0 Å². The fourth-order valence-electron chi connectivity index (χ4n) is 3.02. The van der Waals surface area contributed by atoms with Gasteiger partial charge in [-0.3, -0.25) is 4.57 Å². The van der Waals surface area contributed by atoms with Crippen molar-refractivity contribution in [2.24, 2.45) is 0 Å². The molecule has 9 heteroatoms. The van der Waals surface area contributed by atoms with Gasteiger partial charge in [-0.15, -0.1) is 5.10 Å². The van der Waals surface area contributed by atoms with E-state index in [2.05, 4.69) is 26.1 Å². The molecule has 0 spiro atoms. The number of benzene rings is 1. The lowest BCUT2D eigenvalue weighted by Gasteiger charge is -1.98. The monoisotopic (exact) mass is 354 g/mol. The quantitative estimate of drug-likeness (QED) is 0.553. The lowest BCUT2D eigenvalue weighted by Crippen LogP contribution is -2.15. The van der Waals surface area contributed by atoms with E-state index in [1.54, 1.807) is 27.1 Å². The second-order valence-electron chi connectivity index (χ2n) is 5.89. The molecule has 0 fully saturated rings. The van der Waals surface area contributed by atoms with Gasteiger partial charge in [0, 0.05) is 18.5 Å². The summed E-state index contributed by atoms with van der Waals surface area (Å²) in [4.78, 5) is 16.6. The molecule has 0 saturated heterocycles. The molecule has 1 aliphatic heterocycles. The lowest BCUT2D eigenvalue weighted by atomic mass is 10.3. The molecule has 1 aliphatic rings. The van der Waals surface area contributed by atoms with Crippen LogP contribution in [0.4, 0.5) is 0 Å². The SMILES string of the molecule is O=c1oc2ccccc2n1Cc1cn(Cc2cn3c(n2)SCC3)nn1. The Hall–Kier alpha value is -2.81. The van der Waals surface area contributed by atoms with Gasteiger partial charge in [0.1, 0.15) is 5.69 Å². The Morgan fingerprint density at radius 1 is 1.16 bits per heavy atom. The van der Waals surface area contributed by atoms with Crippen molar-refractivity contribution in [3.05, 3.63) is 58.6 Å². The fourth-order valence-corrected chi connectivity index (χ4v) is 3.98. The van der Waals surface area contributed by atoms with Crippen LogP contribution in [0, 0.1) is 0 Å². The number of aryl methyl sites for hydroxylation is 1. The summed E-state index contributed by atoms with van der Waals surface area (Å²) in [7, 11) is 0. The molecule has 8 nitrogen and oxygen atoms in total. The van der Waals surface area contributed by atoms with Gasteiger partial charge < -0.3 is 8.98 Å². The zero-order chi connectivity index (χ0) is 16.8. The molecule has 0 bridgehead atoms. The highest BCUT2D eigenvalue weighted by Crippen LogP contribution is 2.24. The van der Waals surface area contributed by atoms with E-state index in [9.17, 15) is 4.79 Å². The molecule has 4 heterocycles. The molecule has 0 unspecified atom stereocenters. The van der Waals surface area contributed by atoms with Crippen LogP contribution in [0.3, 0.4) is 0 Å². The average molecular weight is 354 g/mol. The van der Waals surface area contributed by atoms with Gasteiger partial charge in [-0.25, -0.2) is 14.5 Å². The number of nitrogens with zero attached hydrogens (tertiary/aromatic N) is 6. The summed E-state index contributed by atoms with van der Waals surface area (Å²) in [6, 6.07) is 7.35.